The summed E-state index contributed by atoms with van der Waals surface area (Å²) >= 11 is 0. The first-order chi connectivity index (χ1) is 11.4. The van der Waals surface area contributed by atoms with Gasteiger partial charge < -0.3 is 5.32 Å². The van der Waals surface area contributed by atoms with Crippen molar-refractivity contribution >= 4 is 23.2 Å². The molecule has 0 fully saturated rings. The maximum atomic E-state index is 12.2. The standard InChI is InChI=1S/C15H18N6O3/c1-9(2)18-13-12(21(23)24)14(17-8-16-13)19-20-15(22)11-7-5-4-6-10(11)3/h4-9H,1-3H3,(H,20,22)(H2,16,17,18,19). The lowest BCUT2D eigenvalue weighted by Gasteiger charge is -2.12. The molecular formula is C15H18N6O3. The zero-order valence-electron chi connectivity index (χ0n) is 13.5. The van der Waals surface area contributed by atoms with Gasteiger partial charge in [-0.3, -0.25) is 25.8 Å². The number of carbonyl (C=O) groups is 1. The Hall–Kier alpha value is -3.23. The van der Waals surface area contributed by atoms with E-state index in [9.17, 15) is 14.9 Å². The van der Waals surface area contributed by atoms with Gasteiger partial charge in [0.15, 0.2) is 0 Å². The topological polar surface area (TPSA) is 122 Å². The fourth-order valence-electron chi connectivity index (χ4n) is 2.03. The number of nitrogens with zero attached hydrogens (tertiary/aromatic N) is 3. The number of hydrazine groups is 1. The van der Waals surface area contributed by atoms with E-state index in [0.717, 1.165) is 5.56 Å². The molecule has 0 saturated heterocycles. The van der Waals surface area contributed by atoms with Crippen molar-refractivity contribution in [3.8, 4) is 0 Å². The molecule has 24 heavy (non-hydrogen) atoms. The molecule has 2 aromatic rings. The number of aryl methyl sites for hydroxylation is 1. The lowest BCUT2D eigenvalue weighted by atomic mass is 10.1. The summed E-state index contributed by atoms with van der Waals surface area (Å²) < 4.78 is 0. The average molecular weight is 330 g/mol. The second kappa shape index (κ2) is 7.36. The summed E-state index contributed by atoms with van der Waals surface area (Å²) in [7, 11) is 0. The smallest absolute Gasteiger partial charge is 0.354 e. The largest absolute Gasteiger partial charge is 0.362 e. The van der Waals surface area contributed by atoms with E-state index in [4.69, 9.17) is 0 Å². The first-order valence-electron chi connectivity index (χ1n) is 7.28. The molecule has 9 heteroatoms. The number of amides is 1. The van der Waals surface area contributed by atoms with Crippen LogP contribution in [-0.4, -0.2) is 26.8 Å². The van der Waals surface area contributed by atoms with E-state index in [2.05, 4.69) is 26.1 Å². The van der Waals surface area contributed by atoms with Crippen LogP contribution in [0.25, 0.3) is 0 Å². The van der Waals surface area contributed by atoms with E-state index in [1.165, 1.54) is 6.33 Å². The van der Waals surface area contributed by atoms with Crippen LogP contribution < -0.4 is 16.2 Å². The van der Waals surface area contributed by atoms with Gasteiger partial charge in [-0.1, -0.05) is 18.2 Å². The fraction of sp³-hybridized carbons (Fsp3) is 0.267. The van der Waals surface area contributed by atoms with E-state index >= 15 is 0 Å². The first kappa shape index (κ1) is 17.1. The fourth-order valence-corrected chi connectivity index (χ4v) is 2.03. The van der Waals surface area contributed by atoms with Crippen molar-refractivity contribution in [2.45, 2.75) is 26.8 Å². The molecule has 0 bridgehead atoms. The van der Waals surface area contributed by atoms with Crippen LogP contribution in [0.1, 0.15) is 29.8 Å². The maximum Gasteiger partial charge on any atom is 0.354 e. The van der Waals surface area contributed by atoms with Crippen LogP contribution in [-0.2, 0) is 0 Å². The van der Waals surface area contributed by atoms with Crippen molar-refractivity contribution in [3.05, 3.63) is 51.8 Å². The Morgan fingerprint density at radius 3 is 2.50 bits per heavy atom. The van der Waals surface area contributed by atoms with Crippen LogP contribution in [0.3, 0.4) is 0 Å². The minimum atomic E-state index is -0.604. The van der Waals surface area contributed by atoms with Crippen LogP contribution in [0, 0.1) is 17.0 Å². The predicted molar refractivity (Wildman–Crippen MR) is 89.7 cm³/mol. The van der Waals surface area contributed by atoms with Crippen LogP contribution >= 0.6 is 0 Å². The zero-order chi connectivity index (χ0) is 17.7. The van der Waals surface area contributed by atoms with Gasteiger partial charge in [0.1, 0.15) is 6.33 Å². The van der Waals surface area contributed by atoms with E-state index < -0.39 is 10.8 Å². The average Bonchev–Trinajstić information content (AvgIpc) is 2.52. The highest BCUT2D eigenvalue weighted by Crippen LogP contribution is 2.28. The van der Waals surface area contributed by atoms with Crippen LogP contribution in [0.4, 0.5) is 17.3 Å². The van der Waals surface area contributed by atoms with Gasteiger partial charge in [-0.25, -0.2) is 9.97 Å². The molecule has 0 aliphatic rings. The Labute approximate surface area is 138 Å². The molecule has 0 saturated carbocycles. The third kappa shape index (κ3) is 3.94. The van der Waals surface area contributed by atoms with Gasteiger partial charge in [0.05, 0.1) is 4.92 Å². The SMILES string of the molecule is Cc1ccccc1C(=O)NNc1ncnc(NC(C)C)c1[N+](=O)[O-]. The van der Waals surface area contributed by atoms with Gasteiger partial charge in [-0.2, -0.15) is 0 Å². The Morgan fingerprint density at radius 1 is 1.21 bits per heavy atom. The minimum absolute atomic E-state index is 0.0481. The van der Waals surface area contributed by atoms with E-state index in [-0.39, 0.29) is 23.4 Å². The second-order valence-electron chi connectivity index (χ2n) is 5.37. The van der Waals surface area contributed by atoms with E-state index in [1.807, 2.05) is 19.9 Å². The van der Waals surface area contributed by atoms with Crippen LogP contribution in [0.15, 0.2) is 30.6 Å². The van der Waals surface area contributed by atoms with Crippen molar-refractivity contribution < 1.29 is 9.72 Å². The van der Waals surface area contributed by atoms with Gasteiger partial charge in [0.2, 0.25) is 11.6 Å². The van der Waals surface area contributed by atoms with Crippen molar-refractivity contribution in [1.82, 2.24) is 15.4 Å². The Balaban J connectivity index is 2.22. The first-order valence-corrected chi connectivity index (χ1v) is 7.28. The summed E-state index contributed by atoms with van der Waals surface area (Å²) in [6.45, 7) is 5.46. The monoisotopic (exact) mass is 330 g/mol. The van der Waals surface area contributed by atoms with Crippen LogP contribution in [0.5, 0.6) is 0 Å². The number of aromatic nitrogens is 2. The van der Waals surface area contributed by atoms with Gasteiger partial charge in [-0.05, 0) is 32.4 Å². The molecule has 2 rings (SSSR count). The molecule has 0 aliphatic heterocycles. The summed E-state index contributed by atoms with van der Waals surface area (Å²) in [6.07, 6.45) is 1.18. The summed E-state index contributed by atoms with van der Waals surface area (Å²) in [4.78, 5) is 30.6. The molecule has 9 nitrogen and oxygen atoms in total. The summed E-state index contributed by atoms with van der Waals surface area (Å²) in [5, 5.41) is 14.2. The number of anilines is 2. The lowest BCUT2D eigenvalue weighted by Crippen LogP contribution is -2.31. The van der Waals surface area contributed by atoms with E-state index in [1.54, 1.807) is 25.1 Å². The number of hydrogen-bond acceptors (Lipinski definition) is 7. The van der Waals surface area contributed by atoms with Gasteiger partial charge in [-0.15, -0.1) is 0 Å². The van der Waals surface area contributed by atoms with Crippen molar-refractivity contribution in [2.24, 2.45) is 0 Å². The number of carbonyl (C=O) groups excluding carboxylic acids is 1. The summed E-state index contributed by atoms with van der Waals surface area (Å²) in [5.74, 6) is -0.433. The Bertz CT molecular complexity index is 763. The molecule has 126 valence electrons. The van der Waals surface area contributed by atoms with Gasteiger partial charge in [0, 0.05) is 11.6 Å². The van der Waals surface area contributed by atoms with Crippen molar-refractivity contribution in [2.75, 3.05) is 10.7 Å². The molecule has 1 aromatic carbocycles. The molecule has 3 N–H and O–H groups in total. The van der Waals surface area contributed by atoms with Gasteiger partial charge in [0.25, 0.3) is 5.91 Å². The Morgan fingerprint density at radius 2 is 1.88 bits per heavy atom. The maximum absolute atomic E-state index is 12.2. The number of rotatable bonds is 6. The van der Waals surface area contributed by atoms with E-state index in [0.29, 0.717) is 5.56 Å². The molecule has 0 aliphatic carbocycles. The van der Waals surface area contributed by atoms with Crippen molar-refractivity contribution in [3.63, 3.8) is 0 Å². The molecule has 1 aromatic heterocycles. The number of hydrogen-bond donors (Lipinski definition) is 3. The highest BCUT2D eigenvalue weighted by Gasteiger charge is 2.24. The quantitative estimate of drug-likeness (QED) is 0.548. The molecule has 0 radical (unpaired) electrons. The highest BCUT2D eigenvalue weighted by molar-refractivity contribution is 5.96. The number of benzene rings is 1. The summed E-state index contributed by atoms with van der Waals surface area (Å²) in [5.41, 5.74) is 5.83. The molecule has 1 heterocycles. The third-order valence-corrected chi connectivity index (χ3v) is 3.11. The normalized spacial score (nSPS) is 10.3. The highest BCUT2D eigenvalue weighted by atomic mass is 16.6. The Kier molecular flexibility index (Phi) is 5.25. The molecule has 0 spiro atoms. The second-order valence-corrected chi connectivity index (χ2v) is 5.37. The molecule has 1 amide bonds. The number of nitro groups is 1. The molecule has 0 atom stereocenters. The lowest BCUT2D eigenvalue weighted by molar-refractivity contribution is -0.383. The zero-order valence-corrected chi connectivity index (χ0v) is 13.5. The molecule has 0 unspecified atom stereocenters. The summed E-state index contributed by atoms with van der Waals surface area (Å²) in [6, 6.07) is 6.96. The number of nitrogens with one attached hydrogen (secondary N) is 3. The minimum Gasteiger partial charge on any atom is -0.362 e. The predicted octanol–water partition coefficient (Wildman–Crippen LogP) is 2.27. The van der Waals surface area contributed by atoms with Crippen LogP contribution in [0.2, 0.25) is 0 Å². The van der Waals surface area contributed by atoms with Crippen molar-refractivity contribution in [1.29, 1.82) is 0 Å². The third-order valence-electron chi connectivity index (χ3n) is 3.11. The van der Waals surface area contributed by atoms with Gasteiger partial charge >= 0.3 is 5.69 Å². The molecular weight excluding hydrogens is 312 g/mol.